The quantitative estimate of drug-likeness (QED) is 0.770. The first-order valence-electron chi connectivity index (χ1n) is 6.56. The van der Waals surface area contributed by atoms with Gasteiger partial charge in [0, 0.05) is 18.5 Å². The van der Waals surface area contributed by atoms with E-state index in [1.54, 1.807) is 17.8 Å². The van der Waals surface area contributed by atoms with Gasteiger partial charge in [-0.3, -0.25) is 9.59 Å². The lowest BCUT2D eigenvalue weighted by Gasteiger charge is -2.14. The molecule has 2 aromatic heterocycles. The Kier molecular flexibility index (Phi) is 3.27. The molecule has 1 amide bonds. The van der Waals surface area contributed by atoms with Crippen molar-refractivity contribution in [3.8, 4) is 0 Å². The topological polar surface area (TPSA) is 79.8 Å². The highest BCUT2D eigenvalue weighted by Gasteiger charge is 2.17. The molecule has 6 nitrogen and oxygen atoms in total. The van der Waals surface area contributed by atoms with Crippen molar-refractivity contribution in [1.82, 2.24) is 14.5 Å². The van der Waals surface area contributed by atoms with E-state index in [1.807, 2.05) is 24.3 Å². The molecular formula is C15H14N4O2. The molecule has 0 spiro atoms. The number of hydrogen-bond acceptors (Lipinski definition) is 3. The average molecular weight is 282 g/mol. The van der Waals surface area contributed by atoms with Crippen molar-refractivity contribution in [3.63, 3.8) is 0 Å². The highest BCUT2D eigenvalue weighted by atomic mass is 16.2. The van der Waals surface area contributed by atoms with Gasteiger partial charge in [-0.1, -0.05) is 12.1 Å². The van der Waals surface area contributed by atoms with E-state index in [4.69, 9.17) is 0 Å². The SMILES string of the molecule is C[C@@H](C(=O)Nc1c[nH]ccc1=O)n1cnc2ccccc21. The summed E-state index contributed by atoms with van der Waals surface area (Å²) < 4.78 is 1.78. The van der Waals surface area contributed by atoms with E-state index in [0.29, 0.717) is 0 Å². The number of amides is 1. The number of rotatable bonds is 3. The maximum absolute atomic E-state index is 12.3. The predicted molar refractivity (Wildman–Crippen MR) is 80.1 cm³/mol. The molecule has 1 atom stereocenters. The van der Waals surface area contributed by atoms with E-state index in [1.165, 1.54) is 18.5 Å². The first-order chi connectivity index (χ1) is 10.2. The van der Waals surface area contributed by atoms with Crippen LogP contribution in [0.5, 0.6) is 0 Å². The number of carbonyl (C=O) groups is 1. The zero-order valence-electron chi connectivity index (χ0n) is 11.4. The van der Waals surface area contributed by atoms with E-state index < -0.39 is 6.04 Å². The number of nitrogens with one attached hydrogen (secondary N) is 2. The minimum Gasteiger partial charge on any atom is -0.366 e. The van der Waals surface area contributed by atoms with Crippen molar-refractivity contribution in [1.29, 1.82) is 0 Å². The summed E-state index contributed by atoms with van der Waals surface area (Å²) >= 11 is 0. The molecule has 0 radical (unpaired) electrons. The average Bonchev–Trinajstić information content (AvgIpc) is 2.92. The van der Waals surface area contributed by atoms with Crippen molar-refractivity contribution in [2.45, 2.75) is 13.0 Å². The Labute approximate surface area is 120 Å². The largest absolute Gasteiger partial charge is 0.366 e. The van der Waals surface area contributed by atoms with Crippen molar-refractivity contribution >= 4 is 22.6 Å². The molecule has 0 unspecified atom stereocenters. The Morgan fingerprint density at radius 1 is 1.33 bits per heavy atom. The zero-order valence-corrected chi connectivity index (χ0v) is 11.4. The Morgan fingerprint density at radius 2 is 2.14 bits per heavy atom. The van der Waals surface area contributed by atoms with Crippen LogP contribution >= 0.6 is 0 Å². The van der Waals surface area contributed by atoms with Crippen LogP contribution in [0.3, 0.4) is 0 Å². The van der Waals surface area contributed by atoms with Crippen molar-refractivity contribution in [2.24, 2.45) is 0 Å². The molecule has 6 heteroatoms. The van der Waals surface area contributed by atoms with Gasteiger partial charge in [0.25, 0.3) is 0 Å². The molecule has 0 aliphatic heterocycles. The molecule has 3 aromatic rings. The second kappa shape index (κ2) is 5.24. The minimum atomic E-state index is -0.475. The maximum Gasteiger partial charge on any atom is 0.247 e. The minimum absolute atomic E-state index is 0.232. The number of anilines is 1. The van der Waals surface area contributed by atoms with Crippen LogP contribution < -0.4 is 10.7 Å². The summed E-state index contributed by atoms with van der Waals surface area (Å²) in [5.74, 6) is -0.269. The Hall–Kier alpha value is -2.89. The number of aromatic amines is 1. The molecule has 0 aliphatic rings. The van der Waals surface area contributed by atoms with Gasteiger partial charge < -0.3 is 14.9 Å². The summed E-state index contributed by atoms with van der Waals surface area (Å²) in [6.45, 7) is 1.76. The summed E-state index contributed by atoms with van der Waals surface area (Å²) in [5.41, 5.74) is 1.71. The Bertz CT molecular complexity index is 850. The zero-order chi connectivity index (χ0) is 14.8. The molecule has 3 rings (SSSR count). The smallest absolute Gasteiger partial charge is 0.247 e. The van der Waals surface area contributed by atoms with Gasteiger partial charge in [0.05, 0.1) is 17.4 Å². The van der Waals surface area contributed by atoms with E-state index in [0.717, 1.165) is 11.0 Å². The summed E-state index contributed by atoms with van der Waals surface area (Å²) in [6, 6.07) is 8.48. The standard InChI is InChI=1S/C15H14N4O2/c1-10(15(21)18-12-8-16-7-6-14(12)20)19-9-17-11-4-2-3-5-13(11)19/h2-10H,1H3,(H,16,20)(H,18,21)/t10-/m0/s1. The molecule has 1 aromatic carbocycles. The number of nitrogens with zero attached hydrogens (tertiary/aromatic N) is 2. The molecule has 0 aliphatic carbocycles. The number of fused-ring (bicyclic) bond motifs is 1. The van der Waals surface area contributed by atoms with Gasteiger partial charge in [0.15, 0.2) is 0 Å². The fraction of sp³-hybridized carbons (Fsp3) is 0.133. The van der Waals surface area contributed by atoms with Gasteiger partial charge in [-0.25, -0.2) is 4.98 Å². The number of para-hydroxylation sites is 2. The summed E-state index contributed by atoms with van der Waals surface area (Å²) in [4.78, 5) is 31.0. The van der Waals surface area contributed by atoms with Crippen LogP contribution in [0.25, 0.3) is 11.0 Å². The van der Waals surface area contributed by atoms with Gasteiger partial charge >= 0.3 is 0 Å². The van der Waals surface area contributed by atoms with Gasteiger partial charge in [-0.05, 0) is 19.1 Å². The summed E-state index contributed by atoms with van der Waals surface area (Å²) in [5, 5.41) is 2.63. The van der Waals surface area contributed by atoms with Crippen LogP contribution in [-0.2, 0) is 4.79 Å². The van der Waals surface area contributed by atoms with Gasteiger partial charge in [0.1, 0.15) is 11.7 Å². The van der Waals surface area contributed by atoms with Gasteiger partial charge in [0.2, 0.25) is 11.3 Å². The maximum atomic E-state index is 12.3. The third-order valence-corrected chi connectivity index (χ3v) is 3.36. The molecule has 0 saturated heterocycles. The van der Waals surface area contributed by atoms with Crippen LogP contribution in [-0.4, -0.2) is 20.4 Å². The number of pyridine rings is 1. The van der Waals surface area contributed by atoms with E-state index in [-0.39, 0.29) is 17.0 Å². The number of benzene rings is 1. The van der Waals surface area contributed by atoms with Gasteiger partial charge in [-0.2, -0.15) is 0 Å². The fourth-order valence-electron chi connectivity index (χ4n) is 2.16. The van der Waals surface area contributed by atoms with Crippen LogP contribution in [0.2, 0.25) is 0 Å². The Morgan fingerprint density at radius 3 is 2.95 bits per heavy atom. The lowest BCUT2D eigenvalue weighted by Crippen LogP contribution is -2.25. The van der Waals surface area contributed by atoms with Crippen molar-refractivity contribution in [2.75, 3.05) is 5.32 Å². The summed E-state index contributed by atoms with van der Waals surface area (Å²) in [7, 11) is 0. The first kappa shape index (κ1) is 13.1. The number of imidazole rings is 1. The number of hydrogen-bond donors (Lipinski definition) is 2. The van der Waals surface area contributed by atoms with Crippen LogP contribution in [0.15, 0.2) is 53.8 Å². The van der Waals surface area contributed by atoms with E-state index in [2.05, 4.69) is 15.3 Å². The van der Waals surface area contributed by atoms with Crippen LogP contribution in [0, 0.1) is 0 Å². The second-order valence-corrected chi connectivity index (χ2v) is 4.73. The number of carbonyl (C=O) groups excluding carboxylic acids is 1. The van der Waals surface area contributed by atoms with Gasteiger partial charge in [-0.15, -0.1) is 0 Å². The molecular weight excluding hydrogens is 268 g/mol. The third kappa shape index (κ3) is 2.43. The van der Waals surface area contributed by atoms with Crippen LogP contribution in [0.4, 0.5) is 5.69 Å². The fourth-order valence-corrected chi connectivity index (χ4v) is 2.16. The highest BCUT2D eigenvalue weighted by Crippen LogP contribution is 2.18. The Balaban J connectivity index is 1.88. The lowest BCUT2D eigenvalue weighted by atomic mass is 10.2. The molecule has 0 fully saturated rings. The molecule has 2 N–H and O–H groups in total. The third-order valence-electron chi connectivity index (χ3n) is 3.36. The van der Waals surface area contributed by atoms with Crippen molar-refractivity contribution in [3.05, 3.63) is 59.3 Å². The van der Waals surface area contributed by atoms with Crippen LogP contribution in [0.1, 0.15) is 13.0 Å². The number of aromatic nitrogens is 3. The normalized spacial score (nSPS) is 12.2. The lowest BCUT2D eigenvalue weighted by molar-refractivity contribution is -0.118. The van der Waals surface area contributed by atoms with Crippen molar-refractivity contribution < 1.29 is 4.79 Å². The monoisotopic (exact) mass is 282 g/mol. The number of H-pyrrole nitrogens is 1. The molecule has 21 heavy (non-hydrogen) atoms. The molecule has 106 valence electrons. The molecule has 0 saturated carbocycles. The molecule has 2 heterocycles. The van der Waals surface area contributed by atoms with E-state index in [9.17, 15) is 9.59 Å². The summed E-state index contributed by atoms with van der Waals surface area (Å²) in [6.07, 6.45) is 4.62. The first-order valence-corrected chi connectivity index (χ1v) is 6.56. The van der Waals surface area contributed by atoms with E-state index >= 15 is 0 Å². The highest BCUT2D eigenvalue weighted by molar-refractivity contribution is 5.94. The molecule has 0 bridgehead atoms. The second-order valence-electron chi connectivity index (χ2n) is 4.73. The predicted octanol–water partition coefficient (Wildman–Crippen LogP) is 1.92.